The van der Waals surface area contributed by atoms with Crippen molar-refractivity contribution in [3.8, 4) is 0 Å². The molecule has 1 heterocycles. The molecule has 0 bridgehead atoms. The van der Waals surface area contributed by atoms with Crippen LogP contribution in [0.2, 0.25) is 0 Å². The fourth-order valence-electron chi connectivity index (χ4n) is 1.05. The van der Waals surface area contributed by atoms with Crippen molar-refractivity contribution in [2.45, 2.75) is 45.4 Å². The molecule has 1 aliphatic rings. The van der Waals surface area contributed by atoms with E-state index in [4.69, 9.17) is 9.84 Å². The van der Waals surface area contributed by atoms with Crippen molar-refractivity contribution in [2.75, 3.05) is 19.8 Å². The fourth-order valence-corrected chi connectivity index (χ4v) is 1.05. The molecule has 1 aliphatic heterocycles. The van der Waals surface area contributed by atoms with Gasteiger partial charge in [-0.25, -0.2) is 0 Å². The van der Waals surface area contributed by atoms with Crippen molar-refractivity contribution in [3.63, 3.8) is 0 Å². The van der Waals surface area contributed by atoms with Gasteiger partial charge in [0, 0.05) is 19.8 Å². The zero-order valence-electron chi connectivity index (χ0n) is 8.22. The molecule has 0 unspecified atom stereocenters. The molecule has 1 fully saturated rings. The summed E-state index contributed by atoms with van der Waals surface area (Å²) in [5.41, 5.74) is 0. The van der Waals surface area contributed by atoms with Gasteiger partial charge in [0.05, 0.1) is 0 Å². The number of aliphatic hydroxyl groups excluding tert-OH is 1. The van der Waals surface area contributed by atoms with Crippen LogP contribution in [0.1, 0.15) is 45.4 Å². The molecule has 0 amide bonds. The standard InChI is InChI=1S/C6H14O.C4H8O/c1-2-3-4-5-6-7;1-2-4-5-3-1/h7H,2-6H2,1H3;1-4H2. The second-order valence-corrected chi connectivity index (χ2v) is 3.10. The van der Waals surface area contributed by atoms with Gasteiger partial charge in [-0.1, -0.05) is 26.2 Å². The molecule has 0 spiro atoms. The highest BCUT2D eigenvalue weighted by Crippen LogP contribution is 1.98. The minimum Gasteiger partial charge on any atom is -0.396 e. The maximum atomic E-state index is 8.29. The third-order valence-electron chi connectivity index (χ3n) is 1.84. The summed E-state index contributed by atoms with van der Waals surface area (Å²) in [6, 6.07) is 0. The summed E-state index contributed by atoms with van der Waals surface area (Å²) in [5.74, 6) is 0. The zero-order chi connectivity index (χ0) is 9.07. The summed E-state index contributed by atoms with van der Waals surface area (Å²) in [6.07, 6.45) is 7.24. The molecule has 0 aromatic rings. The molecular weight excluding hydrogens is 152 g/mol. The van der Waals surface area contributed by atoms with Crippen molar-refractivity contribution in [3.05, 3.63) is 0 Å². The highest BCUT2D eigenvalue weighted by atomic mass is 16.5. The van der Waals surface area contributed by atoms with Crippen LogP contribution in [0.25, 0.3) is 0 Å². The van der Waals surface area contributed by atoms with Crippen LogP contribution < -0.4 is 0 Å². The Morgan fingerprint density at radius 3 is 2.08 bits per heavy atom. The van der Waals surface area contributed by atoms with Crippen LogP contribution >= 0.6 is 0 Å². The molecule has 1 N–H and O–H groups in total. The quantitative estimate of drug-likeness (QED) is 0.663. The molecule has 1 rings (SSSR count). The Labute approximate surface area is 75.9 Å². The van der Waals surface area contributed by atoms with Crippen molar-refractivity contribution >= 4 is 0 Å². The van der Waals surface area contributed by atoms with Gasteiger partial charge in [-0.15, -0.1) is 0 Å². The largest absolute Gasteiger partial charge is 0.396 e. The Morgan fingerprint density at radius 2 is 1.75 bits per heavy atom. The van der Waals surface area contributed by atoms with Gasteiger partial charge in [0.2, 0.25) is 0 Å². The molecule has 0 aromatic carbocycles. The van der Waals surface area contributed by atoms with E-state index >= 15 is 0 Å². The van der Waals surface area contributed by atoms with Crippen LogP contribution in [0, 0.1) is 0 Å². The summed E-state index contributed by atoms with van der Waals surface area (Å²) in [7, 11) is 0. The maximum absolute atomic E-state index is 8.29. The second-order valence-electron chi connectivity index (χ2n) is 3.10. The van der Waals surface area contributed by atoms with Crippen molar-refractivity contribution in [1.29, 1.82) is 0 Å². The number of hydrogen-bond acceptors (Lipinski definition) is 2. The molecule has 74 valence electrons. The van der Waals surface area contributed by atoms with E-state index in [0.29, 0.717) is 6.61 Å². The van der Waals surface area contributed by atoms with E-state index in [1.165, 1.54) is 32.1 Å². The lowest BCUT2D eigenvalue weighted by Crippen LogP contribution is -1.80. The molecule has 0 radical (unpaired) electrons. The number of hydrogen-bond donors (Lipinski definition) is 1. The molecule has 0 atom stereocenters. The highest BCUT2D eigenvalue weighted by Gasteiger charge is 1.94. The van der Waals surface area contributed by atoms with Crippen LogP contribution in [0.3, 0.4) is 0 Å². The molecular formula is C10H22O2. The lowest BCUT2D eigenvalue weighted by molar-refractivity contribution is 0.198. The first-order chi connectivity index (χ1) is 5.91. The lowest BCUT2D eigenvalue weighted by atomic mass is 10.2. The molecule has 2 nitrogen and oxygen atoms in total. The third kappa shape index (κ3) is 9.92. The van der Waals surface area contributed by atoms with Gasteiger partial charge in [-0.05, 0) is 19.3 Å². The Hall–Kier alpha value is -0.0800. The summed E-state index contributed by atoms with van der Waals surface area (Å²) >= 11 is 0. The fraction of sp³-hybridized carbons (Fsp3) is 1.00. The van der Waals surface area contributed by atoms with E-state index in [2.05, 4.69) is 6.92 Å². The summed E-state index contributed by atoms with van der Waals surface area (Å²) in [4.78, 5) is 0. The van der Waals surface area contributed by atoms with Gasteiger partial charge in [0.15, 0.2) is 0 Å². The van der Waals surface area contributed by atoms with E-state index in [9.17, 15) is 0 Å². The first-order valence-electron chi connectivity index (χ1n) is 5.10. The minimum atomic E-state index is 0.361. The van der Waals surface area contributed by atoms with E-state index in [0.717, 1.165) is 19.6 Å². The first-order valence-corrected chi connectivity index (χ1v) is 5.10. The molecule has 0 aliphatic carbocycles. The summed E-state index contributed by atoms with van der Waals surface area (Å²) < 4.78 is 4.94. The SMILES string of the molecule is C1CCOC1.CCCCCCO. The average molecular weight is 174 g/mol. The van der Waals surface area contributed by atoms with Gasteiger partial charge < -0.3 is 9.84 Å². The molecule has 12 heavy (non-hydrogen) atoms. The Morgan fingerprint density at radius 1 is 1.08 bits per heavy atom. The Bertz CT molecular complexity index is 58.6. The zero-order valence-corrected chi connectivity index (χ0v) is 8.22. The first kappa shape index (κ1) is 11.9. The number of rotatable bonds is 4. The topological polar surface area (TPSA) is 29.5 Å². The summed E-state index contributed by atoms with van der Waals surface area (Å²) in [5, 5.41) is 8.29. The monoisotopic (exact) mass is 174 g/mol. The summed E-state index contributed by atoms with van der Waals surface area (Å²) in [6.45, 7) is 4.53. The maximum Gasteiger partial charge on any atom is 0.0466 e. The van der Waals surface area contributed by atoms with Crippen molar-refractivity contribution in [2.24, 2.45) is 0 Å². The highest BCUT2D eigenvalue weighted by molar-refractivity contribution is 4.43. The van der Waals surface area contributed by atoms with E-state index in [1.54, 1.807) is 0 Å². The van der Waals surface area contributed by atoms with Gasteiger partial charge in [0.1, 0.15) is 0 Å². The van der Waals surface area contributed by atoms with E-state index in [-0.39, 0.29) is 0 Å². The number of unbranched alkanes of at least 4 members (excludes halogenated alkanes) is 3. The lowest BCUT2D eigenvalue weighted by Gasteiger charge is -1.90. The van der Waals surface area contributed by atoms with Crippen molar-refractivity contribution in [1.82, 2.24) is 0 Å². The van der Waals surface area contributed by atoms with Gasteiger partial charge >= 0.3 is 0 Å². The smallest absolute Gasteiger partial charge is 0.0466 e. The third-order valence-corrected chi connectivity index (χ3v) is 1.84. The molecule has 2 heteroatoms. The van der Waals surface area contributed by atoms with Gasteiger partial charge in [0.25, 0.3) is 0 Å². The number of aliphatic hydroxyl groups is 1. The predicted molar refractivity (Wildman–Crippen MR) is 51.3 cm³/mol. The van der Waals surface area contributed by atoms with Crippen LogP contribution in [0.5, 0.6) is 0 Å². The molecule has 0 aromatic heterocycles. The second kappa shape index (κ2) is 10.9. The Balaban J connectivity index is 0.000000211. The van der Waals surface area contributed by atoms with Crippen LogP contribution in [0.4, 0.5) is 0 Å². The molecule has 1 saturated heterocycles. The van der Waals surface area contributed by atoms with Gasteiger partial charge in [-0.3, -0.25) is 0 Å². The Kier molecular flexibility index (Phi) is 10.8. The van der Waals surface area contributed by atoms with Gasteiger partial charge in [-0.2, -0.15) is 0 Å². The number of ether oxygens (including phenoxy) is 1. The average Bonchev–Trinajstić information content (AvgIpc) is 2.62. The van der Waals surface area contributed by atoms with Crippen molar-refractivity contribution < 1.29 is 9.84 Å². The van der Waals surface area contributed by atoms with E-state index < -0.39 is 0 Å². The van der Waals surface area contributed by atoms with Crippen LogP contribution in [0.15, 0.2) is 0 Å². The normalized spacial score (nSPS) is 15.5. The van der Waals surface area contributed by atoms with Crippen LogP contribution in [-0.4, -0.2) is 24.9 Å². The predicted octanol–water partition coefficient (Wildman–Crippen LogP) is 2.36. The van der Waals surface area contributed by atoms with E-state index in [1.807, 2.05) is 0 Å². The minimum absolute atomic E-state index is 0.361. The molecule has 0 saturated carbocycles. The van der Waals surface area contributed by atoms with Crippen LogP contribution in [-0.2, 0) is 4.74 Å².